The highest BCUT2D eigenvalue weighted by Crippen LogP contribution is 2.04. The summed E-state index contributed by atoms with van der Waals surface area (Å²) in [6, 6.07) is -1.00. The summed E-state index contributed by atoms with van der Waals surface area (Å²) in [6.45, 7) is 5.73. The van der Waals surface area contributed by atoms with Crippen molar-refractivity contribution >= 4 is 12.0 Å². The van der Waals surface area contributed by atoms with Crippen molar-refractivity contribution in [1.82, 2.24) is 10.2 Å². The lowest BCUT2D eigenvalue weighted by atomic mass is 10.2. The third-order valence-electron chi connectivity index (χ3n) is 2.69. The summed E-state index contributed by atoms with van der Waals surface area (Å²) in [4.78, 5) is 24.0. The van der Waals surface area contributed by atoms with E-state index in [1.807, 2.05) is 13.8 Å². The third-order valence-corrected chi connectivity index (χ3v) is 2.69. The highest BCUT2D eigenvalue weighted by atomic mass is 16.4. The van der Waals surface area contributed by atoms with Crippen LogP contribution in [0.25, 0.3) is 0 Å². The van der Waals surface area contributed by atoms with Crippen molar-refractivity contribution < 1.29 is 14.7 Å². The van der Waals surface area contributed by atoms with Gasteiger partial charge in [-0.1, -0.05) is 20.3 Å². The van der Waals surface area contributed by atoms with Gasteiger partial charge in [0, 0.05) is 13.1 Å². The second-order valence-corrected chi connectivity index (χ2v) is 4.00. The average Bonchev–Trinajstić information content (AvgIpc) is 2.24. The number of hydrogen-bond donors (Lipinski definition) is 2. The quantitative estimate of drug-likeness (QED) is 0.729. The van der Waals surface area contributed by atoms with Gasteiger partial charge in [-0.05, 0) is 19.8 Å². The fourth-order valence-corrected chi connectivity index (χ4v) is 1.40. The number of urea groups is 1. The van der Waals surface area contributed by atoms with Crippen LogP contribution in [0.1, 0.15) is 40.0 Å². The molecule has 0 fully saturated rings. The molecular formula is C11H22N2O3. The number of nitrogens with zero attached hydrogens (tertiary/aromatic N) is 1. The lowest BCUT2D eigenvalue weighted by molar-refractivity contribution is -0.139. The van der Waals surface area contributed by atoms with E-state index < -0.39 is 12.0 Å². The van der Waals surface area contributed by atoms with Crippen molar-refractivity contribution in [3.05, 3.63) is 0 Å². The van der Waals surface area contributed by atoms with Gasteiger partial charge in [0.05, 0.1) is 0 Å². The van der Waals surface area contributed by atoms with E-state index in [0.717, 1.165) is 12.8 Å². The zero-order valence-electron chi connectivity index (χ0n) is 10.5. The zero-order valence-corrected chi connectivity index (χ0v) is 10.5. The van der Waals surface area contributed by atoms with Crippen molar-refractivity contribution in [1.29, 1.82) is 0 Å². The van der Waals surface area contributed by atoms with Crippen molar-refractivity contribution in [2.24, 2.45) is 0 Å². The molecule has 5 nitrogen and oxygen atoms in total. The first-order valence-electron chi connectivity index (χ1n) is 5.70. The topological polar surface area (TPSA) is 69.6 Å². The van der Waals surface area contributed by atoms with Gasteiger partial charge in [0.1, 0.15) is 6.04 Å². The fourth-order valence-electron chi connectivity index (χ4n) is 1.40. The molecule has 0 saturated heterocycles. The Balaban J connectivity index is 4.28. The number of nitrogens with one attached hydrogen (secondary N) is 1. The molecule has 16 heavy (non-hydrogen) atoms. The van der Waals surface area contributed by atoms with Crippen LogP contribution in [-0.4, -0.2) is 41.1 Å². The van der Waals surface area contributed by atoms with Crippen LogP contribution in [0.4, 0.5) is 4.79 Å². The Morgan fingerprint density at radius 1 is 1.38 bits per heavy atom. The molecule has 0 aromatic rings. The Hall–Kier alpha value is -1.26. The van der Waals surface area contributed by atoms with Gasteiger partial charge in [-0.25, -0.2) is 9.59 Å². The minimum atomic E-state index is -0.993. The summed E-state index contributed by atoms with van der Waals surface area (Å²) in [7, 11) is 1.68. The molecule has 1 unspecified atom stereocenters. The molecule has 0 aromatic heterocycles. The highest BCUT2D eigenvalue weighted by Gasteiger charge is 2.21. The summed E-state index contributed by atoms with van der Waals surface area (Å²) in [6.07, 6.45) is 2.29. The molecule has 5 heteroatoms. The zero-order chi connectivity index (χ0) is 12.7. The number of carboxylic acids is 1. The van der Waals surface area contributed by atoms with Crippen LogP contribution in [0.3, 0.4) is 0 Å². The number of carbonyl (C=O) groups excluding carboxylic acids is 1. The monoisotopic (exact) mass is 230 g/mol. The van der Waals surface area contributed by atoms with Crippen LogP contribution >= 0.6 is 0 Å². The lowest BCUT2D eigenvalue weighted by Gasteiger charge is -2.26. The first kappa shape index (κ1) is 14.7. The maximum atomic E-state index is 11.7. The summed E-state index contributed by atoms with van der Waals surface area (Å²) in [5.41, 5.74) is 0. The molecule has 94 valence electrons. The molecule has 0 saturated carbocycles. The van der Waals surface area contributed by atoms with E-state index in [1.165, 1.54) is 0 Å². The van der Waals surface area contributed by atoms with E-state index >= 15 is 0 Å². The first-order valence-corrected chi connectivity index (χ1v) is 5.70. The van der Waals surface area contributed by atoms with Gasteiger partial charge in [-0.3, -0.25) is 0 Å². The molecule has 0 heterocycles. The molecule has 2 N–H and O–H groups in total. The number of hydrogen-bond acceptors (Lipinski definition) is 2. The number of aliphatic carboxylic acids is 1. The Morgan fingerprint density at radius 3 is 2.31 bits per heavy atom. The minimum Gasteiger partial charge on any atom is -0.480 e. The van der Waals surface area contributed by atoms with Crippen molar-refractivity contribution in [3.8, 4) is 0 Å². The second kappa shape index (κ2) is 7.09. The van der Waals surface area contributed by atoms with Crippen LogP contribution < -0.4 is 5.32 Å². The molecule has 0 aromatic carbocycles. The van der Waals surface area contributed by atoms with Gasteiger partial charge in [-0.15, -0.1) is 0 Å². The molecule has 2 atom stereocenters. The van der Waals surface area contributed by atoms with E-state index in [9.17, 15) is 9.59 Å². The first-order chi connectivity index (χ1) is 7.43. The summed E-state index contributed by atoms with van der Waals surface area (Å²) < 4.78 is 0. The minimum absolute atomic E-state index is 0.122. The summed E-state index contributed by atoms with van der Waals surface area (Å²) in [5, 5.41) is 11.3. The molecule has 0 bridgehead atoms. The predicted molar refractivity (Wildman–Crippen MR) is 62.4 cm³/mol. The van der Waals surface area contributed by atoms with Crippen LogP contribution in [0.15, 0.2) is 0 Å². The van der Waals surface area contributed by atoms with Crippen LogP contribution in [-0.2, 0) is 4.79 Å². The van der Waals surface area contributed by atoms with E-state index in [4.69, 9.17) is 5.11 Å². The van der Waals surface area contributed by atoms with Gasteiger partial charge in [0.25, 0.3) is 0 Å². The third kappa shape index (κ3) is 4.51. The van der Waals surface area contributed by atoms with E-state index in [2.05, 4.69) is 5.32 Å². The summed E-state index contributed by atoms with van der Waals surface area (Å²) >= 11 is 0. The van der Waals surface area contributed by atoms with E-state index in [-0.39, 0.29) is 12.1 Å². The standard InChI is InChI=1S/C11H22N2O3/c1-5-7-8(3)13(4)11(16)12-9(6-2)10(14)15/h8-9H,5-7H2,1-4H3,(H,12,16)(H,14,15)/t8?,9-/m0/s1. The van der Waals surface area contributed by atoms with Crippen LogP contribution in [0, 0.1) is 0 Å². The summed E-state index contributed by atoms with van der Waals surface area (Å²) in [5.74, 6) is -0.993. The Kier molecular flexibility index (Phi) is 6.53. The molecule has 0 aliphatic rings. The van der Waals surface area contributed by atoms with Gasteiger partial charge in [0.15, 0.2) is 0 Å². The van der Waals surface area contributed by atoms with Gasteiger partial charge < -0.3 is 15.3 Å². The highest BCUT2D eigenvalue weighted by molar-refractivity contribution is 5.82. The average molecular weight is 230 g/mol. The number of carboxylic acid groups (broad SMARTS) is 1. The molecule has 0 aliphatic carbocycles. The molecule has 0 rings (SSSR count). The maximum Gasteiger partial charge on any atom is 0.326 e. The number of amides is 2. The molecule has 0 radical (unpaired) electrons. The SMILES string of the molecule is CCCC(C)N(C)C(=O)N[C@@H](CC)C(=O)O. The molecule has 0 aliphatic heterocycles. The van der Waals surface area contributed by atoms with Crippen molar-refractivity contribution in [2.75, 3.05) is 7.05 Å². The Morgan fingerprint density at radius 2 is 1.94 bits per heavy atom. The van der Waals surface area contributed by atoms with Gasteiger partial charge >= 0.3 is 12.0 Å². The smallest absolute Gasteiger partial charge is 0.326 e. The molecule has 0 spiro atoms. The van der Waals surface area contributed by atoms with Crippen LogP contribution in [0.2, 0.25) is 0 Å². The normalized spacial score (nSPS) is 14.0. The van der Waals surface area contributed by atoms with Crippen LogP contribution in [0.5, 0.6) is 0 Å². The van der Waals surface area contributed by atoms with E-state index in [1.54, 1.807) is 18.9 Å². The number of carbonyl (C=O) groups is 2. The Bertz CT molecular complexity index is 243. The Labute approximate surface area is 96.8 Å². The molecule has 2 amide bonds. The lowest BCUT2D eigenvalue weighted by Crippen LogP contribution is -2.48. The van der Waals surface area contributed by atoms with Gasteiger partial charge in [0.2, 0.25) is 0 Å². The second-order valence-electron chi connectivity index (χ2n) is 4.00. The van der Waals surface area contributed by atoms with Gasteiger partial charge in [-0.2, -0.15) is 0 Å². The number of rotatable bonds is 6. The fraction of sp³-hybridized carbons (Fsp3) is 0.818. The predicted octanol–water partition coefficient (Wildman–Crippen LogP) is 1.68. The largest absolute Gasteiger partial charge is 0.480 e. The van der Waals surface area contributed by atoms with Crippen molar-refractivity contribution in [2.45, 2.75) is 52.1 Å². The van der Waals surface area contributed by atoms with Crippen molar-refractivity contribution in [3.63, 3.8) is 0 Å². The molecular weight excluding hydrogens is 208 g/mol. The van der Waals surface area contributed by atoms with E-state index in [0.29, 0.717) is 6.42 Å². The maximum absolute atomic E-state index is 11.7.